The maximum Gasteiger partial charge on any atom is 0.233 e. The van der Waals surface area contributed by atoms with Crippen LogP contribution in [0.2, 0.25) is 0 Å². The molecule has 0 atom stereocenters. The topological polar surface area (TPSA) is 115 Å². The van der Waals surface area contributed by atoms with Gasteiger partial charge in [-0.15, -0.1) is 0 Å². The van der Waals surface area contributed by atoms with Crippen molar-refractivity contribution in [3.63, 3.8) is 0 Å². The zero-order chi connectivity index (χ0) is 18.7. The Kier molecular flexibility index (Phi) is 10.9. The van der Waals surface area contributed by atoms with Gasteiger partial charge >= 0.3 is 0 Å². The second-order valence-corrected chi connectivity index (χ2v) is 5.52. The fourth-order valence-corrected chi connectivity index (χ4v) is 1.74. The molecule has 6 nitrogen and oxygen atoms in total. The molecule has 0 amide bonds. The highest BCUT2D eigenvalue weighted by Crippen LogP contribution is 2.12. The molecule has 0 fully saturated rings. The lowest BCUT2D eigenvalue weighted by Gasteiger charge is -2.23. The summed E-state index contributed by atoms with van der Waals surface area (Å²) in [6.45, 7) is -1.62. The van der Waals surface area contributed by atoms with Gasteiger partial charge in [-0.05, 0) is 0 Å². The molecule has 6 heteroatoms. The number of carbonyl (C=O) groups excluding carboxylic acids is 2. The van der Waals surface area contributed by atoms with Crippen LogP contribution in [0.5, 0.6) is 0 Å². The maximum absolute atomic E-state index is 11.8. The predicted octanol–water partition coefficient (Wildman–Crippen LogP) is 1.33. The molecule has 0 saturated heterocycles. The first-order valence-electron chi connectivity index (χ1n) is 7.66. The van der Waals surface area contributed by atoms with Gasteiger partial charge in [0.15, 0.2) is 0 Å². The molecule has 2 rings (SSSR count). The monoisotopic (exact) mass is 362 g/mol. The van der Waals surface area contributed by atoms with Gasteiger partial charge in [-0.25, -0.2) is 0 Å². The smallest absolute Gasteiger partial charge is 0.233 e. The fraction of sp³-hybridized carbons (Fsp3) is 0.300. The van der Waals surface area contributed by atoms with E-state index in [0.29, 0.717) is 11.1 Å². The minimum Gasteiger partial charge on any atom is -0.396 e. The van der Waals surface area contributed by atoms with E-state index in [9.17, 15) is 9.59 Å². The second kappa shape index (κ2) is 12.1. The molecule has 0 aliphatic heterocycles. The molecule has 2 aromatic carbocycles. The van der Waals surface area contributed by atoms with Gasteiger partial charge in [0.2, 0.25) is 11.6 Å². The second-order valence-electron chi connectivity index (χ2n) is 5.52. The van der Waals surface area contributed by atoms with E-state index in [0.717, 1.165) is 0 Å². The molecule has 0 heterocycles. The van der Waals surface area contributed by atoms with Crippen molar-refractivity contribution in [2.75, 3.05) is 26.4 Å². The number of Topliss-reactive ketones (excluding diaryl/α,β-unsaturated/α-hetero) is 2. The van der Waals surface area contributed by atoms with Crippen LogP contribution in [0.25, 0.3) is 0 Å². The van der Waals surface area contributed by atoms with Gasteiger partial charge < -0.3 is 20.4 Å². The van der Waals surface area contributed by atoms with Gasteiger partial charge in [0.1, 0.15) is 0 Å². The summed E-state index contributed by atoms with van der Waals surface area (Å²) in [6.07, 6.45) is 0. The zero-order valence-electron chi connectivity index (χ0n) is 13.7. The van der Waals surface area contributed by atoms with Crippen molar-refractivity contribution in [2.45, 2.75) is 7.43 Å². The number of ketones is 2. The SMILES string of the molecule is C.O=C(C(=O)c1ccccc1)c1ccccc1.OCC(CO)(CO)CO. The Morgan fingerprint density at radius 2 is 0.885 bits per heavy atom. The molecular weight excluding hydrogens is 336 g/mol. The Morgan fingerprint density at radius 3 is 1.08 bits per heavy atom. The van der Waals surface area contributed by atoms with Gasteiger partial charge in [-0.3, -0.25) is 9.59 Å². The van der Waals surface area contributed by atoms with Crippen molar-refractivity contribution >= 4 is 11.6 Å². The van der Waals surface area contributed by atoms with Gasteiger partial charge in [0.05, 0.1) is 31.8 Å². The van der Waals surface area contributed by atoms with Gasteiger partial charge in [-0.1, -0.05) is 68.1 Å². The Bertz CT molecular complexity index is 584. The number of rotatable bonds is 7. The number of hydrogen-bond acceptors (Lipinski definition) is 6. The highest BCUT2D eigenvalue weighted by atomic mass is 16.3. The number of hydrogen-bond donors (Lipinski definition) is 4. The summed E-state index contributed by atoms with van der Waals surface area (Å²) in [4.78, 5) is 23.6. The Morgan fingerprint density at radius 1 is 0.615 bits per heavy atom. The molecule has 142 valence electrons. The van der Waals surface area contributed by atoms with E-state index in [1.807, 2.05) is 12.1 Å². The summed E-state index contributed by atoms with van der Waals surface area (Å²) >= 11 is 0. The Hall–Kier alpha value is -2.38. The largest absolute Gasteiger partial charge is 0.396 e. The molecule has 0 saturated carbocycles. The molecule has 0 unspecified atom stereocenters. The maximum atomic E-state index is 11.8. The zero-order valence-corrected chi connectivity index (χ0v) is 13.7. The van der Waals surface area contributed by atoms with Crippen molar-refractivity contribution in [1.29, 1.82) is 0 Å². The molecule has 0 radical (unpaired) electrons. The standard InChI is InChI=1S/C14H10O2.C5H12O4.CH4/c15-13(11-7-3-1-4-8-11)14(16)12-9-5-2-6-10-12;6-1-5(2-7,3-8)4-9;/h1-10H;6-9H,1-4H2;1H4. The molecule has 4 N–H and O–H groups in total. The van der Waals surface area contributed by atoms with Gasteiger partial charge in [-0.2, -0.15) is 0 Å². The number of benzene rings is 2. The van der Waals surface area contributed by atoms with Gasteiger partial charge in [0.25, 0.3) is 0 Å². The summed E-state index contributed by atoms with van der Waals surface area (Å²) in [7, 11) is 0. The van der Waals surface area contributed by atoms with E-state index in [2.05, 4.69) is 0 Å². The first kappa shape index (κ1) is 23.6. The Labute approximate surface area is 153 Å². The predicted molar refractivity (Wildman–Crippen MR) is 99.1 cm³/mol. The van der Waals surface area contributed by atoms with Crippen LogP contribution in [0.4, 0.5) is 0 Å². The molecular formula is C20H26O6. The third-order valence-corrected chi connectivity index (χ3v) is 3.62. The third-order valence-electron chi connectivity index (χ3n) is 3.62. The van der Waals surface area contributed by atoms with E-state index in [1.165, 1.54) is 0 Å². The van der Waals surface area contributed by atoms with Crippen molar-refractivity contribution in [3.05, 3.63) is 71.8 Å². The van der Waals surface area contributed by atoms with Crippen LogP contribution in [-0.4, -0.2) is 58.4 Å². The van der Waals surface area contributed by atoms with E-state index in [1.54, 1.807) is 48.5 Å². The lowest BCUT2D eigenvalue weighted by atomic mass is 9.93. The molecule has 0 bridgehead atoms. The van der Waals surface area contributed by atoms with Crippen molar-refractivity contribution in [3.8, 4) is 0 Å². The van der Waals surface area contributed by atoms with Gasteiger partial charge in [0, 0.05) is 11.1 Å². The number of carbonyl (C=O) groups is 2. The van der Waals surface area contributed by atoms with Crippen LogP contribution in [0.15, 0.2) is 60.7 Å². The molecule has 0 spiro atoms. The minimum atomic E-state index is -1.11. The van der Waals surface area contributed by atoms with Crippen LogP contribution in [0.1, 0.15) is 28.1 Å². The van der Waals surface area contributed by atoms with Crippen LogP contribution in [-0.2, 0) is 0 Å². The first-order valence-corrected chi connectivity index (χ1v) is 7.66. The summed E-state index contributed by atoms with van der Waals surface area (Å²) in [5, 5.41) is 34.0. The van der Waals surface area contributed by atoms with Crippen LogP contribution < -0.4 is 0 Å². The summed E-state index contributed by atoms with van der Waals surface area (Å²) in [6, 6.07) is 17.2. The molecule has 0 aliphatic carbocycles. The fourth-order valence-electron chi connectivity index (χ4n) is 1.74. The molecule has 0 aromatic heterocycles. The Balaban J connectivity index is 0.000000543. The molecule has 0 aliphatic rings. The number of aliphatic hydroxyl groups excluding tert-OH is 4. The van der Waals surface area contributed by atoms with E-state index < -0.39 is 43.4 Å². The van der Waals surface area contributed by atoms with Crippen molar-refractivity contribution < 1.29 is 30.0 Å². The van der Waals surface area contributed by atoms with Crippen molar-refractivity contribution in [1.82, 2.24) is 0 Å². The highest BCUT2D eigenvalue weighted by molar-refractivity contribution is 6.49. The van der Waals surface area contributed by atoms with Crippen LogP contribution in [0, 0.1) is 5.41 Å². The van der Waals surface area contributed by atoms with Crippen LogP contribution in [0.3, 0.4) is 0 Å². The quantitative estimate of drug-likeness (QED) is 0.436. The summed E-state index contributed by atoms with van der Waals surface area (Å²) < 4.78 is 0. The van der Waals surface area contributed by atoms with E-state index >= 15 is 0 Å². The lowest BCUT2D eigenvalue weighted by molar-refractivity contribution is -0.0328. The highest BCUT2D eigenvalue weighted by Gasteiger charge is 2.26. The molecule has 26 heavy (non-hydrogen) atoms. The van der Waals surface area contributed by atoms with Crippen LogP contribution >= 0.6 is 0 Å². The lowest BCUT2D eigenvalue weighted by Crippen LogP contribution is -2.37. The minimum absolute atomic E-state index is 0. The average Bonchev–Trinajstić information content (AvgIpc) is 2.71. The van der Waals surface area contributed by atoms with E-state index in [4.69, 9.17) is 20.4 Å². The average molecular weight is 362 g/mol. The third kappa shape index (κ3) is 6.50. The normalized spacial score (nSPS) is 10.2. The summed E-state index contributed by atoms with van der Waals surface area (Å²) in [5.41, 5.74) is -0.257. The first-order chi connectivity index (χ1) is 12.0. The van der Waals surface area contributed by atoms with E-state index in [-0.39, 0.29) is 7.43 Å². The molecule has 2 aromatic rings. The van der Waals surface area contributed by atoms with Crippen molar-refractivity contribution in [2.24, 2.45) is 5.41 Å². The number of aliphatic hydroxyl groups is 4. The summed E-state index contributed by atoms with van der Waals surface area (Å²) in [5.74, 6) is -0.932.